The molecule has 3 aromatic rings. The van der Waals surface area contributed by atoms with Gasteiger partial charge in [-0.25, -0.2) is 4.98 Å². The average Bonchev–Trinajstić information content (AvgIpc) is 3.01. The molecule has 1 aromatic carbocycles. The van der Waals surface area contributed by atoms with E-state index in [2.05, 4.69) is 17.2 Å². The van der Waals surface area contributed by atoms with Crippen molar-refractivity contribution in [1.29, 1.82) is 0 Å². The Labute approximate surface area is 148 Å². The van der Waals surface area contributed by atoms with Gasteiger partial charge in [0.25, 0.3) is 0 Å². The fraction of sp³-hybridized carbons (Fsp3) is 0.278. The van der Waals surface area contributed by atoms with Crippen LogP contribution in [0, 0.1) is 0 Å². The number of hydrogen-bond donors (Lipinski definition) is 1. The van der Waals surface area contributed by atoms with Crippen molar-refractivity contribution in [3.63, 3.8) is 0 Å². The maximum Gasteiger partial charge on any atom is 0.434 e. The molecule has 1 unspecified atom stereocenters. The van der Waals surface area contributed by atoms with Crippen molar-refractivity contribution in [1.82, 2.24) is 14.7 Å². The lowest BCUT2D eigenvalue weighted by molar-refractivity contribution is -0.140. The molecule has 0 spiro atoms. The van der Waals surface area contributed by atoms with Gasteiger partial charge in [0.05, 0.1) is 0 Å². The Morgan fingerprint density at radius 1 is 1.16 bits per heavy atom. The molecule has 0 saturated carbocycles. The van der Waals surface area contributed by atoms with Crippen molar-refractivity contribution in [2.24, 2.45) is 0 Å². The number of imidazole rings is 1. The maximum atomic E-state index is 12.8. The summed E-state index contributed by atoms with van der Waals surface area (Å²) in [6.07, 6.45) is -3.41. The summed E-state index contributed by atoms with van der Waals surface area (Å²) < 4.78 is 40.0. The van der Waals surface area contributed by atoms with Crippen LogP contribution < -0.4 is 5.32 Å². The van der Waals surface area contributed by atoms with Gasteiger partial charge in [0, 0.05) is 30.0 Å². The number of halogens is 4. The highest BCUT2D eigenvalue weighted by Crippen LogP contribution is 2.28. The lowest BCUT2D eigenvalue weighted by Crippen LogP contribution is -2.20. The molecular formula is C18H17ClF3N3. The van der Waals surface area contributed by atoms with E-state index in [4.69, 9.17) is 11.6 Å². The van der Waals surface area contributed by atoms with Crippen LogP contribution in [0.1, 0.15) is 29.8 Å². The molecule has 0 saturated heterocycles. The van der Waals surface area contributed by atoms with Gasteiger partial charge in [-0.2, -0.15) is 13.2 Å². The van der Waals surface area contributed by atoms with Crippen LogP contribution in [0.2, 0.25) is 5.02 Å². The summed E-state index contributed by atoms with van der Waals surface area (Å²) in [5, 5.41) is 3.98. The van der Waals surface area contributed by atoms with Gasteiger partial charge in [-0.05, 0) is 35.7 Å². The molecule has 1 N–H and O–H groups in total. The van der Waals surface area contributed by atoms with Crippen LogP contribution in [0.3, 0.4) is 0 Å². The first-order valence-corrected chi connectivity index (χ1v) is 8.23. The SMILES string of the molecule is CC(CNCc1cccc2nc(C(F)(F)F)cn12)c1ccc(Cl)cc1. The highest BCUT2D eigenvalue weighted by molar-refractivity contribution is 6.30. The van der Waals surface area contributed by atoms with Gasteiger partial charge in [0.15, 0.2) is 5.69 Å². The fourth-order valence-electron chi connectivity index (χ4n) is 2.67. The first-order valence-electron chi connectivity index (χ1n) is 7.85. The standard InChI is InChI=1S/C18H17ClF3N3/c1-12(13-5-7-14(19)8-6-13)9-23-10-15-3-2-4-17-24-16(11-25(15)17)18(20,21)22/h2-8,11-12,23H,9-10H2,1H3. The first kappa shape index (κ1) is 17.8. The topological polar surface area (TPSA) is 29.3 Å². The minimum Gasteiger partial charge on any atom is -0.311 e. The van der Waals surface area contributed by atoms with E-state index < -0.39 is 11.9 Å². The maximum absolute atomic E-state index is 12.8. The Morgan fingerprint density at radius 2 is 1.88 bits per heavy atom. The number of aromatic nitrogens is 2. The molecule has 0 radical (unpaired) electrons. The smallest absolute Gasteiger partial charge is 0.311 e. The molecule has 3 nitrogen and oxygen atoms in total. The van der Waals surface area contributed by atoms with Crippen molar-refractivity contribution in [2.45, 2.75) is 25.6 Å². The van der Waals surface area contributed by atoms with Crippen molar-refractivity contribution in [3.8, 4) is 0 Å². The molecule has 2 heterocycles. The predicted molar refractivity (Wildman–Crippen MR) is 91.8 cm³/mol. The number of nitrogens with one attached hydrogen (secondary N) is 1. The Morgan fingerprint density at radius 3 is 2.56 bits per heavy atom. The molecule has 0 fully saturated rings. The van der Waals surface area contributed by atoms with Gasteiger partial charge in [0.2, 0.25) is 0 Å². The Bertz CT molecular complexity index is 856. The number of alkyl halides is 3. The predicted octanol–water partition coefficient (Wildman–Crippen LogP) is 4.90. The normalized spacial score (nSPS) is 13.3. The average molecular weight is 368 g/mol. The number of benzene rings is 1. The van der Waals surface area contributed by atoms with E-state index in [9.17, 15) is 13.2 Å². The number of nitrogens with zero attached hydrogens (tertiary/aromatic N) is 2. The fourth-order valence-corrected chi connectivity index (χ4v) is 2.80. The van der Waals surface area contributed by atoms with E-state index in [-0.39, 0.29) is 11.6 Å². The second-order valence-corrected chi connectivity index (χ2v) is 6.39. The number of hydrogen-bond acceptors (Lipinski definition) is 2. The summed E-state index contributed by atoms with van der Waals surface area (Å²) >= 11 is 5.89. The highest BCUT2D eigenvalue weighted by Gasteiger charge is 2.34. The third kappa shape index (κ3) is 4.14. The minimum absolute atomic E-state index is 0.255. The molecule has 25 heavy (non-hydrogen) atoms. The summed E-state index contributed by atoms with van der Waals surface area (Å²) in [6, 6.07) is 12.7. The van der Waals surface area contributed by atoms with E-state index in [1.54, 1.807) is 18.2 Å². The van der Waals surface area contributed by atoms with Crippen molar-refractivity contribution in [3.05, 3.63) is 70.6 Å². The Kier molecular flexibility index (Phi) is 5.01. The molecule has 0 bridgehead atoms. The first-order chi connectivity index (χ1) is 11.8. The molecule has 0 aliphatic rings. The molecule has 7 heteroatoms. The monoisotopic (exact) mass is 367 g/mol. The zero-order valence-electron chi connectivity index (χ0n) is 13.5. The van der Waals surface area contributed by atoms with E-state index in [1.807, 2.05) is 24.3 Å². The summed E-state index contributed by atoms with van der Waals surface area (Å²) in [4.78, 5) is 3.64. The summed E-state index contributed by atoms with van der Waals surface area (Å²) in [6.45, 7) is 3.22. The van der Waals surface area contributed by atoms with Gasteiger partial charge in [-0.15, -0.1) is 0 Å². The van der Waals surface area contributed by atoms with Crippen LogP contribution in [-0.2, 0) is 12.7 Å². The zero-order chi connectivity index (χ0) is 18.0. The Hall–Kier alpha value is -2.05. The second-order valence-electron chi connectivity index (χ2n) is 5.95. The van der Waals surface area contributed by atoms with Crippen LogP contribution in [0.5, 0.6) is 0 Å². The largest absolute Gasteiger partial charge is 0.434 e. The Balaban J connectivity index is 1.69. The molecule has 0 amide bonds. The molecule has 0 aliphatic carbocycles. The van der Waals surface area contributed by atoms with E-state index in [1.165, 1.54) is 4.40 Å². The third-order valence-corrected chi connectivity index (χ3v) is 4.31. The van der Waals surface area contributed by atoms with Gasteiger partial charge in [-0.3, -0.25) is 0 Å². The van der Waals surface area contributed by atoms with Crippen LogP contribution >= 0.6 is 11.6 Å². The highest BCUT2D eigenvalue weighted by atomic mass is 35.5. The van der Waals surface area contributed by atoms with Crippen molar-refractivity contribution in [2.75, 3.05) is 6.54 Å². The molecule has 2 aromatic heterocycles. The van der Waals surface area contributed by atoms with Gasteiger partial charge >= 0.3 is 6.18 Å². The lowest BCUT2D eigenvalue weighted by atomic mass is 10.0. The molecule has 132 valence electrons. The quantitative estimate of drug-likeness (QED) is 0.695. The van der Waals surface area contributed by atoms with Crippen LogP contribution in [0.15, 0.2) is 48.7 Å². The molecule has 1 atom stereocenters. The van der Waals surface area contributed by atoms with Crippen LogP contribution in [-0.4, -0.2) is 15.9 Å². The summed E-state index contributed by atoms with van der Waals surface area (Å²) in [7, 11) is 0. The number of pyridine rings is 1. The minimum atomic E-state index is -4.44. The van der Waals surface area contributed by atoms with Crippen molar-refractivity contribution >= 4 is 17.2 Å². The van der Waals surface area contributed by atoms with Crippen LogP contribution in [0.25, 0.3) is 5.65 Å². The van der Waals surface area contributed by atoms with Gasteiger partial charge < -0.3 is 9.72 Å². The molecular weight excluding hydrogens is 351 g/mol. The summed E-state index contributed by atoms with van der Waals surface area (Å²) in [5.74, 6) is 0.255. The number of rotatable bonds is 5. The zero-order valence-corrected chi connectivity index (χ0v) is 14.3. The van der Waals surface area contributed by atoms with Gasteiger partial charge in [0.1, 0.15) is 5.65 Å². The summed E-state index contributed by atoms with van der Waals surface area (Å²) in [5.41, 5.74) is 1.28. The van der Waals surface area contributed by atoms with Crippen LogP contribution in [0.4, 0.5) is 13.2 Å². The molecule has 0 aliphatic heterocycles. The van der Waals surface area contributed by atoms with E-state index in [0.29, 0.717) is 18.1 Å². The van der Waals surface area contributed by atoms with Crippen molar-refractivity contribution < 1.29 is 13.2 Å². The molecule has 3 rings (SSSR count). The van der Waals surface area contributed by atoms with E-state index in [0.717, 1.165) is 17.5 Å². The lowest BCUT2D eigenvalue weighted by Gasteiger charge is -2.14. The van der Waals surface area contributed by atoms with Gasteiger partial charge in [-0.1, -0.05) is 36.7 Å². The third-order valence-electron chi connectivity index (χ3n) is 4.06. The van der Waals surface area contributed by atoms with E-state index >= 15 is 0 Å². The number of fused-ring (bicyclic) bond motifs is 1. The second kappa shape index (κ2) is 7.06.